The SMILES string of the molecule is CCCCCCCCC#Cc1sc2c(sc3c4sccc4sc23)c1CCCCCCCCCC. The van der Waals surface area contributed by atoms with Crippen LogP contribution in [0.25, 0.3) is 28.2 Å². The van der Waals surface area contributed by atoms with E-state index in [2.05, 4.69) is 37.1 Å². The van der Waals surface area contributed by atoms with Gasteiger partial charge in [-0.1, -0.05) is 103 Å². The summed E-state index contributed by atoms with van der Waals surface area (Å²) in [5.74, 6) is 7.20. The molecule has 0 aliphatic heterocycles. The van der Waals surface area contributed by atoms with E-state index >= 15 is 0 Å². The number of fused-ring (bicyclic) bond motifs is 5. The van der Waals surface area contributed by atoms with Gasteiger partial charge in [-0.05, 0) is 36.3 Å². The zero-order valence-electron chi connectivity index (χ0n) is 21.1. The first kappa shape index (κ1) is 26.2. The third-order valence-electron chi connectivity index (χ3n) is 6.76. The molecule has 0 N–H and O–H groups in total. The van der Waals surface area contributed by atoms with Crippen LogP contribution in [-0.4, -0.2) is 0 Å². The Labute approximate surface area is 222 Å². The minimum Gasteiger partial charge on any atom is -0.141 e. The third kappa shape index (κ3) is 6.67. The van der Waals surface area contributed by atoms with Crippen molar-refractivity contribution in [3.8, 4) is 11.8 Å². The lowest BCUT2D eigenvalue weighted by Gasteiger charge is -2.02. The Morgan fingerprint density at radius 1 is 0.618 bits per heavy atom. The van der Waals surface area contributed by atoms with Crippen molar-refractivity contribution in [3.63, 3.8) is 0 Å². The van der Waals surface area contributed by atoms with Crippen molar-refractivity contribution in [2.24, 2.45) is 0 Å². The highest BCUT2D eigenvalue weighted by Gasteiger charge is 2.19. The molecule has 0 saturated carbocycles. The number of unbranched alkanes of at least 4 members (excludes halogenated alkanes) is 13. The van der Waals surface area contributed by atoms with Gasteiger partial charge in [-0.2, -0.15) is 0 Å². The molecule has 0 unspecified atom stereocenters. The van der Waals surface area contributed by atoms with Crippen LogP contribution < -0.4 is 0 Å². The molecule has 0 atom stereocenters. The van der Waals surface area contributed by atoms with Crippen molar-refractivity contribution in [1.29, 1.82) is 0 Å². The number of hydrogen-bond acceptors (Lipinski definition) is 4. The van der Waals surface area contributed by atoms with Crippen molar-refractivity contribution >= 4 is 73.5 Å². The van der Waals surface area contributed by atoms with Gasteiger partial charge in [0.05, 0.1) is 28.4 Å². The molecule has 0 aromatic carbocycles. The normalized spacial score (nSPS) is 11.7. The minimum atomic E-state index is 1.05. The van der Waals surface area contributed by atoms with Crippen molar-refractivity contribution in [3.05, 3.63) is 21.9 Å². The van der Waals surface area contributed by atoms with E-state index in [-0.39, 0.29) is 0 Å². The summed E-state index contributed by atoms with van der Waals surface area (Å²) in [5, 5.41) is 2.25. The predicted octanol–water partition coefficient (Wildman–Crippen LogP) is 12.2. The van der Waals surface area contributed by atoms with Gasteiger partial charge in [0.15, 0.2) is 0 Å². The third-order valence-corrected chi connectivity index (χ3v) is 11.9. The van der Waals surface area contributed by atoms with Gasteiger partial charge < -0.3 is 0 Å². The fourth-order valence-corrected chi connectivity index (χ4v) is 10.3. The van der Waals surface area contributed by atoms with E-state index in [1.807, 2.05) is 45.3 Å². The van der Waals surface area contributed by atoms with Gasteiger partial charge in [0.25, 0.3) is 0 Å². The molecule has 0 radical (unpaired) electrons. The molecule has 4 aromatic heterocycles. The van der Waals surface area contributed by atoms with Crippen LogP contribution in [-0.2, 0) is 6.42 Å². The molecular weight excluding hydrogens is 489 g/mol. The van der Waals surface area contributed by atoms with E-state index in [0.717, 1.165) is 6.42 Å². The molecule has 0 saturated heterocycles. The van der Waals surface area contributed by atoms with Gasteiger partial charge in [0.1, 0.15) is 0 Å². The second-order valence-corrected chi connectivity index (χ2v) is 13.6. The van der Waals surface area contributed by atoms with Crippen molar-refractivity contribution in [1.82, 2.24) is 0 Å². The molecule has 0 bridgehead atoms. The number of hydrogen-bond donors (Lipinski definition) is 0. The van der Waals surface area contributed by atoms with Crippen LogP contribution in [0, 0.1) is 11.8 Å². The molecular formula is C30H40S4. The first-order chi connectivity index (χ1) is 16.8. The molecule has 0 amide bonds. The Balaban J connectivity index is 1.42. The molecule has 4 rings (SSSR count). The predicted molar refractivity (Wildman–Crippen MR) is 162 cm³/mol. The summed E-state index contributed by atoms with van der Waals surface area (Å²) in [5.41, 5.74) is 1.57. The summed E-state index contributed by atoms with van der Waals surface area (Å²) in [4.78, 5) is 1.37. The Bertz CT molecular complexity index is 1200. The lowest BCUT2D eigenvalue weighted by molar-refractivity contribution is 0.576. The van der Waals surface area contributed by atoms with Gasteiger partial charge >= 0.3 is 0 Å². The standard InChI is InChI=1S/C30H40S4/c1-3-5-7-9-11-13-15-17-19-23-24(20-18-16-14-12-10-8-6-4-2)32-28-26(23)34-29-27-25(21-22-31-27)33-30(28)29/h21-22H,3-17,19H2,1-2H3. The highest BCUT2D eigenvalue weighted by atomic mass is 32.1. The second kappa shape index (κ2) is 14.0. The van der Waals surface area contributed by atoms with Crippen LogP contribution in [0.5, 0.6) is 0 Å². The molecule has 0 aliphatic rings. The smallest absolute Gasteiger partial charge is 0.0821 e. The van der Waals surface area contributed by atoms with E-state index in [0.29, 0.717) is 0 Å². The highest BCUT2D eigenvalue weighted by Crippen LogP contribution is 2.50. The summed E-state index contributed by atoms with van der Waals surface area (Å²) >= 11 is 7.93. The molecule has 4 heterocycles. The monoisotopic (exact) mass is 528 g/mol. The number of aryl methyl sites for hydroxylation is 1. The van der Waals surface area contributed by atoms with E-state index < -0.39 is 0 Å². The van der Waals surface area contributed by atoms with Gasteiger partial charge in [-0.25, -0.2) is 0 Å². The summed E-state index contributed by atoms with van der Waals surface area (Å²) in [6.07, 6.45) is 21.4. The molecule has 0 fully saturated rings. The Hall–Kier alpha value is -0.860. The molecule has 4 heteroatoms. The van der Waals surface area contributed by atoms with Gasteiger partial charge in [0.2, 0.25) is 0 Å². The molecule has 184 valence electrons. The zero-order valence-corrected chi connectivity index (χ0v) is 24.4. The fraction of sp³-hybridized carbons (Fsp3) is 0.600. The minimum absolute atomic E-state index is 1.05. The first-order valence-corrected chi connectivity index (χ1v) is 17.0. The van der Waals surface area contributed by atoms with Gasteiger partial charge in [-0.3, -0.25) is 0 Å². The number of thiophene rings is 4. The maximum Gasteiger partial charge on any atom is 0.0821 e. The largest absolute Gasteiger partial charge is 0.141 e. The Morgan fingerprint density at radius 3 is 1.97 bits per heavy atom. The van der Waals surface area contributed by atoms with Crippen molar-refractivity contribution in [2.45, 2.75) is 117 Å². The fourth-order valence-electron chi connectivity index (χ4n) is 4.75. The van der Waals surface area contributed by atoms with Crippen LogP contribution >= 0.6 is 45.3 Å². The average molecular weight is 529 g/mol. The van der Waals surface area contributed by atoms with E-state index in [1.165, 1.54) is 125 Å². The highest BCUT2D eigenvalue weighted by molar-refractivity contribution is 7.44. The van der Waals surface area contributed by atoms with Crippen LogP contribution in [0.2, 0.25) is 0 Å². The van der Waals surface area contributed by atoms with Crippen LogP contribution in [0.1, 0.15) is 121 Å². The summed E-state index contributed by atoms with van der Waals surface area (Å²) in [6.45, 7) is 4.59. The van der Waals surface area contributed by atoms with Crippen molar-refractivity contribution < 1.29 is 0 Å². The summed E-state index contributed by atoms with van der Waals surface area (Å²) in [6, 6.07) is 2.29. The maximum atomic E-state index is 3.64. The summed E-state index contributed by atoms with van der Waals surface area (Å²) in [7, 11) is 0. The van der Waals surface area contributed by atoms with Gasteiger partial charge in [-0.15, -0.1) is 45.3 Å². The van der Waals surface area contributed by atoms with Crippen LogP contribution in [0.3, 0.4) is 0 Å². The number of rotatable bonds is 15. The first-order valence-electron chi connectivity index (χ1n) is 13.7. The van der Waals surface area contributed by atoms with Gasteiger partial charge in [0, 0.05) is 11.1 Å². The topological polar surface area (TPSA) is 0 Å². The molecule has 34 heavy (non-hydrogen) atoms. The quantitative estimate of drug-likeness (QED) is 0.106. The van der Waals surface area contributed by atoms with E-state index in [9.17, 15) is 0 Å². The summed E-state index contributed by atoms with van der Waals surface area (Å²) < 4.78 is 9.08. The molecule has 4 aromatic rings. The lowest BCUT2D eigenvalue weighted by atomic mass is 10.0. The van der Waals surface area contributed by atoms with Crippen LogP contribution in [0.15, 0.2) is 11.4 Å². The van der Waals surface area contributed by atoms with E-state index in [4.69, 9.17) is 0 Å². The molecule has 0 aliphatic carbocycles. The van der Waals surface area contributed by atoms with E-state index in [1.54, 1.807) is 10.3 Å². The Morgan fingerprint density at radius 2 is 1.24 bits per heavy atom. The maximum absolute atomic E-state index is 3.64. The molecule has 0 nitrogen and oxygen atoms in total. The average Bonchev–Trinajstić information content (AvgIpc) is 3.58. The Kier molecular flexibility index (Phi) is 10.8. The second-order valence-electron chi connectivity index (χ2n) is 9.59. The van der Waals surface area contributed by atoms with Crippen molar-refractivity contribution in [2.75, 3.05) is 0 Å². The lowest BCUT2D eigenvalue weighted by Crippen LogP contribution is -1.87. The molecule has 0 spiro atoms. The zero-order chi connectivity index (χ0) is 23.6. The van der Waals surface area contributed by atoms with Crippen LogP contribution in [0.4, 0.5) is 0 Å².